The lowest BCUT2D eigenvalue weighted by atomic mass is 9.88. The molecule has 1 aromatic heterocycles. The number of ether oxygens (including phenoxy) is 1. The number of aliphatic carboxylic acids is 2. The van der Waals surface area contributed by atoms with Crippen LogP contribution in [-0.2, 0) is 9.59 Å². The number of carboxylic acid groups (broad SMARTS) is 2. The van der Waals surface area contributed by atoms with Crippen LogP contribution in [0.15, 0.2) is 41.0 Å². The number of thiophene rings is 1. The van der Waals surface area contributed by atoms with Gasteiger partial charge in [0.05, 0.1) is 12.0 Å². The monoisotopic (exact) mass is 311 g/mol. The molecule has 0 aromatic carbocycles. The SMILES string of the molecule is O=C(O)C1=C(Oc2cccs2)CC(C(=O)O)([N+](=O)[O-])C=C1. The summed E-state index contributed by atoms with van der Waals surface area (Å²) in [5, 5.41) is 31.3. The first-order chi connectivity index (χ1) is 9.86. The highest BCUT2D eigenvalue weighted by Gasteiger charge is 2.53. The van der Waals surface area contributed by atoms with Gasteiger partial charge in [0.25, 0.3) is 0 Å². The van der Waals surface area contributed by atoms with E-state index in [1.165, 1.54) is 0 Å². The van der Waals surface area contributed by atoms with E-state index in [2.05, 4.69) is 0 Å². The summed E-state index contributed by atoms with van der Waals surface area (Å²) < 4.78 is 5.32. The lowest BCUT2D eigenvalue weighted by Gasteiger charge is -2.23. The summed E-state index contributed by atoms with van der Waals surface area (Å²) in [5.74, 6) is -3.29. The number of hydrogen-bond acceptors (Lipinski definition) is 6. The zero-order chi connectivity index (χ0) is 15.6. The van der Waals surface area contributed by atoms with Gasteiger partial charge in [-0.25, -0.2) is 9.59 Å². The van der Waals surface area contributed by atoms with E-state index in [0.29, 0.717) is 5.06 Å². The van der Waals surface area contributed by atoms with E-state index < -0.39 is 28.8 Å². The predicted octanol–water partition coefficient (Wildman–Crippen LogP) is 1.53. The Balaban J connectivity index is 2.44. The van der Waals surface area contributed by atoms with Gasteiger partial charge in [-0.05, 0) is 23.6 Å². The zero-order valence-corrected chi connectivity index (χ0v) is 11.2. The summed E-state index contributed by atoms with van der Waals surface area (Å²) in [4.78, 5) is 32.5. The molecular weight excluding hydrogens is 302 g/mol. The minimum atomic E-state index is -2.43. The van der Waals surface area contributed by atoms with E-state index in [-0.39, 0.29) is 11.3 Å². The minimum Gasteiger partial charge on any atom is -0.478 e. The van der Waals surface area contributed by atoms with Crippen molar-refractivity contribution in [2.75, 3.05) is 0 Å². The summed E-state index contributed by atoms with van der Waals surface area (Å²) in [6, 6.07) is 3.20. The van der Waals surface area contributed by atoms with E-state index in [0.717, 1.165) is 23.5 Å². The van der Waals surface area contributed by atoms with Crippen molar-refractivity contribution in [2.45, 2.75) is 12.0 Å². The number of carboxylic acids is 2. The van der Waals surface area contributed by atoms with E-state index in [1.807, 2.05) is 0 Å². The highest BCUT2D eigenvalue weighted by Crippen LogP contribution is 2.33. The van der Waals surface area contributed by atoms with Crippen molar-refractivity contribution < 1.29 is 29.5 Å². The molecule has 0 spiro atoms. The van der Waals surface area contributed by atoms with Crippen LogP contribution < -0.4 is 4.74 Å². The largest absolute Gasteiger partial charge is 0.478 e. The van der Waals surface area contributed by atoms with Crippen LogP contribution in [0.25, 0.3) is 0 Å². The van der Waals surface area contributed by atoms with Gasteiger partial charge in [-0.2, -0.15) is 0 Å². The lowest BCUT2D eigenvalue weighted by Crippen LogP contribution is -2.47. The van der Waals surface area contributed by atoms with Crippen LogP contribution in [0.3, 0.4) is 0 Å². The van der Waals surface area contributed by atoms with Gasteiger partial charge >= 0.3 is 17.5 Å². The average molecular weight is 311 g/mol. The van der Waals surface area contributed by atoms with Gasteiger partial charge in [-0.1, -0.05) is 0 Å². The second kappa shape index (κ2) is 5.37. The standard InChI is InChI=1S/C12H9NO7S/c14-10(15)7-3-4-12(11(16)17,13(18)19)6-8(7)20-9-2-1-5-21-9/h1-5H,6H2,(H,14,15)(H,16,17). The highest BCUT2D eigenvalue weighted by molar-refractivity contribution is 7.11. The van der Waals surface area contributed by atoms with Gasteiger partial charge in [0.15, 0.2) is 5.06 Å². The Hall–Kier alpha value is -2.68. The summed E-state index contributed by atoms with van der Waals surface area (Å²) >= 11 is 1.16. The van der Waals surface area contributed by atoms with Gasteiger partial charge in [-0.15, -0.1) is 11.3 Å². The predicted molar refractivity (Wildman–Crippen MR) is 70.7 cm³/mol. The van der Waals surface area contributed by atoms with Gasteiger partial charge < -0.3 is 14.9 Å². The topological polar surface area (TPSA) is 127 Å². The van der Waals surface area contributed by atoms with Crippen LogP contribution in [0, 0.1) is 10.1 Å². The number of hydrogen-bond donors (Lipinski definition) is 2. The van der Waals surface area contributed by atoms with Crippen LogP contribution in [-0.4, -0.2) is 32.6 Å². The molecule has 110 valence electrons. The molecule has 1 unspecified atom stereocenters. The molecule has 0 saturated heterocycles. The quantitative estimate of drug-likeness (QED) is 0.623. The third-order valence-corrected chi connectivity index (χ3v) is 3.65. The fourth-order valence-electron chi connectivity index (χ4n) is 1.79. The first kappa shape index (κ1) is 14.7. The molecule has 0 fully saturated rings. The fourth-order valence-corrected chi connectivity index (χ4v) is 2.39. The van der Waals surface area contributed by atoms with E-state index in [1.54, 1.807) is 17.5 Å². The molecule has 2 rings (SSSR count). The van der Waals surface area contributed by atoms with Crippen LogP contribution >= 0.6 is 11.3 Å². The smallest absolute Gasteiger partial charge is 0.387 e. The Labute approximate surface area is 121 Å². The second-order valence-electron chi connectivity index (χ2n) is 4.17. The number of rotatable bonds is 5. The highest BCUT2D eigenvalue weighted by atomic mass is 32.1. The Morgan fingerprint density at radius 2 is 2.14 bits per heavy atom. The van der Waals surface area contributed by atoms with Crippen molar-refractivity contribution in [1.29, 1.82) is 0 Å². The van der Waals surface area contributed by atoms with Gasteiger partial charge in [0, 0.05) is 11.0 Å². The first-order valence-electron chi connectivity index (χ1n) is 5.62. The van der Waals surface area contributed by atoms with Crippen molar-refractivity contribution in [1.82, 2.24) is 0 Å². The molecule has 1 aliphatic rings. The maximum atomic E-state index is 11.2. The molecule has 1 aromatic rings. The molecule has 21 heavy (non-hydrogen) atoms. The third kappa shape index (κ3) is 2.63. The van der Waals surface area contributed by atoms with E-state index >= 15 is 0 Å². The normalized spacial score (nSPS) is 21.1. The summed E-state index contributed by atoms with van der Waals surface area (Å²) in [5.41, 5.74) is -2.73. The van der Waals surface area contributed by atoms with Crippen molar-refractivity contribution in [3.63, 3.8) is 0 Å². The van der Waals surface area contributed by atoms with Crippen LogP contribution in [0.4, 0.5) is 0 Å². The summed E-state index contributed by atoms with van der Waals surface area (Å²) in [7, 11) is 0. The van der Waals surface area contributed by atoms with Crippen molar-refractivity contribution in [2.24, 2.45) is 0 Å². The van der Waals surface area contributed by atoms with Crippen molar-refractivity contribution in [3.05, 3.63) is 51.1 Å². The Bertz CT molecular complexity index is 645. The molecular formula is C12H9NO7S. The summed E-state index contributed by atoms with van der Waals surface area (Å²) in [6.45, 7) is 0. The van der Waals surface area contributed by atoms with Gasteiger partial charge in [0.2, 0.25) is 0 Å². The molecule has 9 heteroatoms. The molecule has 0 aliphatic heterocycles. The Kier molecular flexibility index (Phi) is 3.76. The molecule has 0 amide bonds. The number of carbonyl (C=O) groups is 2. The molecule has 0 saturated carbocycles. The fraction of sp³-hybridized carbons (Fsp3) is 0.167. The Morgan fingerprint density at radius 3 is 2.62 bits per heavy atom. The first-order valence-corrected chi connectivity index (χ1v) is 6.50. The minimum absolute atomic E-state index is 0.258. The van der Waals surface area contributed by atoms with Crippen LogP contribution in [0.2, 0.25) is 0 Å². The molecule has 0 radical (unpaired) electrons. The summed E-state index contributed by atoms with van der Waals surface area (Å²) in [6.07, 6.45) is 0.983. The maximum Gasteiger partial charge on any atom is 0.387 e. The van der Waals surface area contributed by atoms with Crippen LogP contribution in [0.5, 0.6) is 5.06 Å². The third-order valence-electron chi connectivity index (χ3n) is 2.90. The number of nitro groups is 1. The molecule has 1 atom stereocenters. The maximum absolute atomic E-state index is 11.2. The zero-order valence-electron chi connectivity index (χ0n) is 10.4. The molecule has 8 nitrogen and oxygen atoms in total. The van der Waals surface area contributed by atoms with Gasteiger partial charge in [0.1, 0.15) is 5.76 Å². The lowest BCUT2D eigenvalue weighted by molar-refractivity contribution is -0.541. The van der Waals surface area contributed by atoms with Crippen molar-refractivity contribution in [3.8, 4) is 5.06 Å². The molecule has 0 bridgehead atoms. The van der Waals surface area contributed by atoms with Gasteiger partial charge in [-0.3, -0.25) is 10.1 Å². The van der Waals surface area contributed by atoms with E-state index in [4.69, 9.17) is 14.9 Å². The molecule has 1 aliphatic carbocycles. The van der Waals surface area contributed by atoms with Crippen molar-refractivity contribution >= 4 is 23.3 Å². The Morgan fingerprint density at radius 1 is 1.43 bits per heavy atom. The molecule has 2 N–H and O–H groups in total. The number of nitrogens with zero attached hydrogens (tertiary/aromatic N) is 1. The van der Waals surface area contributed by atoms with Crippen LogP contribution in [0.1, 0.15) is 6.42 Å². The second-order valence-corrected chi connectivity index (χ2v) is 5.08. The average Bonchev–Trinajstić information content (AvgIpc) is 2.90. The van der Waals surface area contributed by atoms with E-state index in [9.17, 15) is 19.7 Å². The molecule has 1 heterocycles.